The first kappa shape index (κ1) is 5.16. The van der Waals surface area contributed by atoms with Gasteiger partial charge in [0.15, 0.2) is 0 Å². The largest absolute Gasteiger partial charge is 0.159 e. The lowest BCUT2D eigenvalue weighted by Crippen LogP contribution is -1.70. The van der Waals surface area contributed by atoms with Crippen molar-refractivity contribution in [3.63, 3.8) is 0 Å². The van der Waals surface area contributed by atoms with Gasteiger partial charge in [-0.05, 0) is 11.3 Å². The molecule has 0 atom stereocenters. The van der Waals surface area contributed by atoms with Crippen LogP contribution in [0.1, 0.15) is 0 Å². The minimum atomic E-state index is 0.664. The first-order valence-electron chi connectivity index (χ1n) is 2.72. The molecule has 0 amide bonds. The molecule has 0 fully saturated rings. The van der Waals surface area contributed by atoms with Crippen molar-refractivity contribution in [1.82, 2.24) is 25.6 Å². The van der Waals surface area contributed by atoms with E-state index in [0.29, 0.717) is 11.4 Å². The first-order chi connectivity index (χ1) is 4.97. The molecular formula is C5H3N5. The maximum absolute atomic E-state index is 3.72. The molecule has 0 saturated carbocycles. The predicted octanol–water partition coefficient (Wildman–Crippen LogP) is -0.234. The van der Waals surface area contributed by atoms with Crippen molar-refractivity contribution < 1.29 is 0 Å². The average Bonchev–Trinajstić information content (AvgIpc) is 2.28. The van der Waals surface area contributed by atoms with Crippen molar-refractivity contribution in [3.05, 3.63) is 18.5 Å². The van der Waals surface area contributed by atoms with Gasteiger partial charge in [0.1, 0.15) is 11.4 Å². The number of nitrogens with zero attached hydrogens (tertiary/aromatic N) is 5. The number of hydrogen-bond donors (Lipinski definition) is 0. The molecule has 0 aromatic heterocycles. The quantitative estimate of drug-likeness (QED) is 0.496. The third kappa shape index (κ3) is 0.680. The Labute approximate surface area is 56.5 Å². The second-order valence-electron chi connectivity index (χ2n) is 1.74. The van der Waals surface area contributed by atoms with Gasteiger partial charge in [0.05, 0.1) is 12.4 Å². The Hall–Kier alpha value is -1.65. The number of rotatable bonds is 0. The summed E-state index contributed by atoms with van der Waals surface area (Å²) in [6.07, 6.45) is 3.08. The van der Waals surface area contributed by atoms with E-state index in [1.165, 1.54) is 6.20 Å². The summed E-state index contributed by atoms with van der Waals surface area (Å²) in [6.45, 7) is 0. The van der Waals surface area contributed by atoms with Crippen LogP contribution in [0.5, 0.6) is 0 Å². The Kier molecular flexibility index (Phi) is 1.00. The van der Waals surface area contributed by atoms with Gasteiger partial charge in [0.25, 0.3) is 0 Å². The van der Waals surface area contributed by atoms with Crippen molar-refractivity contribution in [3.8, 4) is 11.4 Å². The lowest BCUT2D eigenvalue weighted by molar-refractivity contribution is 0.946. The van der Waals surface area contributed by atoms with Gasteiger partial charge in [-0.2, -0.15) is 10.2 Å². The maximum Gasteiger partial charge on any atom is 0.135 e. The van der Waals surface area contributed by atoms with Crippen LogP contribution in [0.4, 0.5) is 0 Å². The highest BCUT2D eigenvalue weighted by atomic mass is 15.3. The van der Waals surface area contributed by atoms with Gasteiger partial charge in [-0.3, -0.25) is 0 Å². The van der Waals surface area contributed by atoms with Crippen molar-refractivity contribution in [2.24, 2.45) is 0 Å². The Balaban J connectivity index is 2.74. The van der Waals surface area contributed by atoms with Crippen LogP contribution in [0.3, 0.4) is 0 Å². The smallest absolute Gasteiger partial charge is 0.135 e. The highest BCUT2D eigenvalue weighted by Crippen LogP contribution is 2.08. The molecule has 0 N–H and O–H groups in total. The van der Waals surface area contributed by atoms with E-state index in [1.807, 2.05) is 0 Å². The fourth-order valence-electron chi connectivity index (χ4n) is 0.662. The van der Waals surface area contributed by atoms with E-state index in [0.717, 1.165) is 0 Å². The van der Waals surface area contributed by atoms with Crippen LogP contribution in [-0.2, 0) is 0 Å². The zero-order chi connectivity index (χ0) is 6.81. The standard InChI is InChI=1S/C5H3N5/c1-2-6-7-3-5-4(1)8-10-9-5/h1-3H. The van der Waals surface area contributed by atoms with Gasteiger partial charge in [0, 0.05) is 0 Å². The van der Waals surface area contributed by atoms with E-state index < -0.39 is 0 Å². The summed E-state index contributed by atoms with van der Waals surface area (Å²) in [5.74, 6) is 0. The highest BCUT2D eigenvalue weighted by Gasteiger charge is 2.02. The molecule has 48 valence electrons. The summed E-state index contributed by atoms with van der Waals surface area (Å²) in [5.41, 5.74) is 1.38. The average molecular weight is 133 g/mol. The molecule has 10 heavy (non-hydrogen) atoms. The molecule has 0 unspecified atom stereocenters. The molecule has 0 aromatic carbocycles. The molecular weight excluding hydrogens is 130 g/mol. The van der Waals surface area contributed by atoms with E-state index in [9.17, 15) is 0 Å². The Morgan fingerprint density at radius 1 is 1.00 bits per heavy atom. The molecule has 2 rings (SSSR count). The Bertz CT molecular complexity index is 281. The zero-order valence-electron chi connectivity index (χ0n) is 4.97. The van der Waals surface area contributed by atoms with Gasteiger partial charge in [-0.1, -0.05) is 0 Å². The van der Waals surface area contributed by atoms with Crippen LogP contribution in [0.15, 0.2) is 18.5 Å². The second kappa shape index (κ2) is 1.94. The maximum atomic E-state index is 3.72. The minimum absolute atomic E-state index is 0.664. The van der Waals surface area contributed by atoms with Gasteiger partial charge >= 0.3 is 0 Å². The Morgan fingerprint density at radius 3 is 2.90 bits per heavy atom. The lowest BCUT2D eigenvalue weighted by atomic mass is 10.3. The molecule has 5 nitrogen and oxygen atoms in total. The van der Waals surface area contributed by atoms with E-state index in [4.69, 9.17) is 0 Å². The third-order valence-corrected chi connectivity index (χ3v) is 1.11. The SMILES string of the molecule is c1cc2nnnc-2cnn1. The fraction of sp³-hybridized carbons (Fsp3) is 0. The Morgan fingerprint density at radius 2 is 1.90 bits per heavy atom. The van der Waals surface area contributed by atoms with Crippen LogP contribution in [0.2, 0.25) is 0 Å². The number of aromatic nitrogens is 5. The molecule has 0 saturated heterocycles. The van der Waals surface area contributed by atoms with Crippen molar-refractivity contribution in [2.75, 3.05) is 0 Å². The summed E-state index contributed by atoms with van der Waals surface area (Å²) in [7, 11) is 0. The van der Waals surface area contributed by atoms with E-state index >= 15 is 0 Å². The summed E-state index contributed by atoms with van der Waals surface area (Å²) in [6, 6.07) is 1.71. The van der Waals surface area contributed by atoms with Gasteiger partial charge < -0.3 is 0 Å². The predicted molar refractivity (Wildman–Crippen MR) is 32.0 cm³/mol. The molecule has 0 bridgehead atoms. The van der Waals surface area contributed by atoms with Crippen molar-refractivity contribution in [1.29, 1.82) is 0 Å². The fourth-order valence-corrected chi connectivity index (χ4v) is 0.662. The monoisotopic (exact) mass is 133 g/mol. The zero-order valence-corrected chi connectivity index (χ0v) is 4.97. The third-order valence-electron chi connectivity index (χ3n) is 1.11. The second-order valence-corrected chi connectivity index (χ2v) is 1.74. The van der Waals surface area contributed by atoms with E-state index in [2.05, 4.69) is 25.6 Å². The van der Waals surface area contributed by atoms with Crippen LogP contribution in [-0.4, -0.2) is 25.6 Å². The highest BCUT2D eigenvalue weighted by molar-refractivity contribution is 5.50. The molecule has 0 spiro atoms. The van der Waals surface area contributed by atoms with Crippen LogP contribution >= 0.6 is 0 Å². The first-order valence-corrected chi connectivity index (χ1v) is 2.72. The number of hydrogen-bond acceptors (Lipinski definition) is 5. The topological polar surface area (TPSA) is 64.5 Å². The van der Waals surface area contributed by atoms with Crippen LogP contribution < -0.4 is 0 Å². The minimum Gasteiger partial charge on any atom is -0.159 e. The normalized spacial score (nSPS) is 10.0. The lowest BCUT2D eigenvalue weighted by Gasteiger charge is -1.76. The summed E-state index contributed by atoms with van der Waals surface area (Å²) in [4.78, 5) is 0. The molecule has 0 aromatic rings. The van der Waals surface area contributed by atoms with Crippen LogP contribution in [0.25, 0.3) is 11.4 Å². The summed E-state index contributed by atoms with van der Waals surface area (Å²) >= 11 is 0. The molecule has 2 aliphatic rings. The van der Waals surface area contributed by atoms with Crippen molar-refractivity contribution >= 4 is 0 Å². The van der Waals surface area contributed by atoms with E-state index in [1.54, 1.807) is 12.3 Å². The molecule has 2 heterocycles. The summed E-state index contributed by atoms with van der Waals surface area (Å²) in [5, 5.41) is 18.2. The summed E-state index contributed by atoms with van der Waals surface area (Å²) < 4.78 is 0. The van der Waals surface area contributed by atoms with Gasteiger partial charge in [-0.15, -0.1) is 10.2 Å². The van der Waals surface area contributed by atoms with Gasteiger partial charge in [0.2, 0.25) is 0 Å². The molecule has 0 aliphatic carbocycles. The molecule has 0 radical (unpaired) electrons. The van der Waals surface area contributed by atoms with Gasteiger partial charge in [-0.25, -0.2) is 0 Å². The van der Waals surface area contributed by atoms with Crippen molar-refractivity contribution in [2.45, 2.75) is 0 Å². The molecule has 2 aliphatic heterocycles. The number of fused-ring (bicyclic) bond motifs is 1. The van der Waals surface area contributed by atoms with Crippen LogP contribution in [0, 0.1) is 0 Å². The molecule has 5 heteroatoms. The van der Waals surface area contributed by atoms with E-state index in [-0.39, 0.29) is 0 Å².